The number of carboxylic acid groups (broad SMARTS) is 3. The van der Waals surface area contributed by atoms with Crippen LogP contribution in [-0.4, -0.2) is 46.4 Å². The number of aliphatic carboxylic acids is 3. The zero-order valence-corrected chi connectivity index (χ0v) is 12.1. The second-order valence-corrected chi connectivity index (χ2v) is 5.19. The first kappa shape index (κ1) is 17.6. The average molecular weight is 310 g/mol. The molecule has 1 aliphatic rings. The minimum Gasteiger partial charge on any atom is -0.481 e. The van der Waals surface area contributed by atoms with E-state index in [1.807, 2.05) is 0 Å². The predicted octanol–water partition coefficient (Wildman–Crippen LogP) is 1.32. The molecule has 7 heteroatoms. The van der Waals surface area contributed by atoms with E-state index in [2.05, 4.69) is 6.58 Å². The Hall–Kier alpha value is -2.41. The lowest BCUT2D eigenvalue weighted by molar-refractivity contribution is -0.146. The van der Waals surface area contributed by atoms with Crippen LogP contribution in [0.4, 0.5) is 0 Å². The lowest BCUT2D eigenvalue weighted by atomic mass is 9.75. The monoisotopic (exact) mass is 310 g/mol. The normalized spacial score (nSPS) is 23.7. The Morgan fingerprint density at radius 3 is 2.41 bits per heavy atom. The number of carboxylic acids is 3. The summed E-state index contributed by atoms with van der Waals surface area (Å²) in [5, 5.41) is 27.5. The van der Waals surface area contributed by atoms with E-state index in [1.165, 1.54) is 6.08 Å². The van der Waals surface area contributed by atoms with Crippen molar-refractivity contribution in [3.8, 4) is 0 Å². The van der Waals surface area contributed by atoms with Crippen molar-refractivity contribution >= 4 is 17.9 Å². The van der Waals surface area contributed by atoms with E-state index in [0.717, 1.165) is 17.7 Å². The van der Waals surface area contributed by atoms with Crippen LogP contribution < -0.4 is 0 Å². The molecule has 0 aromatic rings. The highest BCUT2D eigenvalue weighted by molar-refractivity contribution is 5.97. The summed E-state index contributed by atoms with van der Waals surface area (Å²) in [4.78, 5) is 33.8. The zero-order chi connectivity index (χ0) is 16.9. The van der Waals surface area contributed by atoms with Crippen LogP contribution in [0.5, 0.6) is 0 Å². The molecule has 22 heavy (non-hydrogen) atoms. The summed E-state index contributed by atoms with van der Waals surface area (Å²) >= 11 is 0. The Kier molecular flexibility index (Phi) is 5.64. The molecule has 0 aliphatic heterocycles. The van der Waals surface area contributed by atoms with Crippen LogP contribution in [0.2, 0.25) is 0 Å². The average Bonchev–Trinajstić information content (AvgIpc) is 2.42. The van der Waals surface area contributed by atoms with Gasteiger partial charge in [-0.05, 0) is 13.3 Å². The van der Waals surface area contributed by atoms with Gasteiger partial charge in [0.25, 0.3) is 0 Å². The third-order valence-corrected chi connectivity index (χ3v) is 3.25. The van der Waals surface area contributed by atoms with Crippen molar-refractivity contribution in [2.75, 3.05) is 13.2 Å². The van der Waals surface area contributed by atoms with E-state index < -0.39 is 34.8 Å². The zero-order valence-electron chi connectivity index (χ0n) is 12.1. The van der Waals surface area contributed by atoms with Crippen molar-refractivity contribution in [2.24, 2.45) is 11.3 Å². The molecule has 2 atom stereocenters. The van der Waals surface area contributed by atoms with Crippen molar-refractivity contribution in [2.45, 2.75) is 13.3 Å². The first-order valence-corrected chi connectivity index (χ1v) is 6.53. The summed E-state index contributed by atoms with van der Waals surface area (Å²) in [5.41, 5.74) is -1.28. The van der Waals surface area contributed by atoms with Gasteiger partial charge in [-0.15, -0.1) is 0 Å². The van der Waals surface area contributed by atoms with Gasteiger partial charge in [0.05, 0.1) is 12.2 Å². The Morgan fingerprint density at radius 2 is 1.95 bits per heavy atom. The van der Waals surface area contributed by atoms with E-state index in [9.17, 15) is 19.5 Å². The predicted molar refractivity (Wildman–Crippen MR) is 76.3 cm³/mol. The molecule has 3 N–H and O–H groups in total. The third-order valence-electron chi connectivity index (χ3n) is 3.25. The second-order valence-electron chi connectivity index (χ2n) is 5.19. The summed E-state index contributed by atoms with van der Waals surface area (Å²) in [6, 6.07) is 0. The van der Waals surface area contributed by atoms with Crippen LogP contribution in [0, 0.1) is 11.3 Å². The molecule has 1 aliphatic carbocycles. The lowest BCUT2D eigenvalue weighted by Gasteiger charge is -2.28. The number of hydrogen-bond donors (Lipinski definition) is 3. The van der Waals surface area contributed by atoms with Gasteiger partial charge in [0.2, 0.25) is 0 Å². The largest absolute Gasteiger partial charge is 0.481 e. The van der Waals surface area contributed by atoms with Gasteiger partial charge in [-0.25, -0.2) is 4.79 Å². The van der Waals surface area contributed by atoms with Crippen molar-refractivity contribution in [3.63, 3.8) is 0 Å². The molecule has 120 valence electrons. The molecule has 0 fully saturated rings. The van der Waals surface area contributed by atoms with E-state index in [-0.39, 0.29) is 19.6 Å². The van der Waals surface area contributed by atoms with Crippen LogP contribution in [0.3, 0.4) is 0 Å². The topological polar surface area (TPSA) is 121 Å². The fourth-order valence-electron chi connectivity index (χ4n) is 2.08. The maximum atomic E-state index is 11.5. The number of rotatable bonds is 8. The van der Waals surface area contributed by atoms with Gasteiger partial charge in [-0.2, -0.15) is 0 Å². The van der Waals surface area contributed by atoms with Crippen molar-refractivity contribution in [1.82, 2.24) is 0 Å². The van der Waals surface area contributed by atoms with Crippen molar-refractivity contribution in [3.05, 3.63) is 36.0 Å². The van der Waals surface area contributed by atoms with E-state index in [1.54, 1.807) is 6.92 Å². The smallest absolute Gasteiger partial charge is 0.332 e. The van der Waals surface area contributed by atoms with Gasteiger partial charge in [-0.3, -0.25) is 9.59 Å². The first-order valence-electron chi connectivity index (χ1n) is 6.53. The van der Waals surface area contributed by atoms with Gasteiger partial charge >= 0.3 is 17.9 Å². The van der Waals surface area contributed by atoms with Crippen LogP contribution in [0.25, 0.3) is 0 Å². The Morgan fingerprint density at radius 1 is 1.32 bits per heavy atom. The molecule has 0 bridgehead atoms. The molecular formula is C15H18O7. The maximum Gasteiger partial charge on any atom is 0.332 e. The van der Waals surface area contributed by atoms with E-state index >= 15 is 0 Å². The van der Waals surface area contributed by atoms with Crippen LogP contribution >= 0.6 is 0 Å². The Bertz CT molecular complexity index is 558. The van der Waals surface area contributed by atoms with Crippen LogP contribution in [0.15, 0.2) is 36.0 Å². The molecule has 0 saturated carbocycles. The minimum atomic E-state index is -1.59. The quantitative estimate of drug-likeness (QED) is 0.456. The van der Waals surface area contributed by atoms with Crippen molar-refractivity contribution in [1.29, 1.82) is 0 Å². The van der Waals surface area contributed by atoms with Gasteiger partial charge in [-0.1, -0.05) is 30.4 Å². The molecular weight excluding hydrogens is 292 g/mol. The molecule has 2 unspecified atom stereocenters. The summed E-state index contributed by atoms with van der Waals surface area (Å²) < 4.78 is 5.25. The molecule has 0 amide bonds. The van der Waals surface area contributed by atoms with Crippen LogP contribution in [0.1, 0.15) is 13.3 Å². The van der Waals surface area contributed by atoms with E-state index in [0.29, 0.717) is 0 Å². The summed E-state index contributed by atoms with van der Waals surface area (Å²) in [5.74, 6) is -5.42. The number of carbonyl (C=O) groups is 3. The molecule has 0 heterocycles. The van der Waals surface area contributed by atoms with Gasteiger partial charge in [0.15, 0.2) is 0 Å². The Balaban J connectivity index is 3.01. The molecule has 0 aromatic heterocycles. The number of ether oxygens (including phenoxy) is 1. The van der Waals surface area contributed by atoms with Crippen LogP contribution in [-0.2, 0) is 19.1 Å². The van der Waals surface area contributed by atoms with Gasteiger partial charge in [0.1, 0.15) is 11.3 Å². The molecule has 0 radical (unpaired) electrons. The summed E-state index contributed by atoms with van der Waals surface area (Å²) in [6.07, 6.45) is 3.29. The first-order chi connectivity index (χ1) is 10.2. The lowest BCUT2D eigenvalue weighted by Crippen LogP contribution is -2.34. The molecule has 7 nitrogen and oxygen atoms in total. The molecule has 1 rings (SSSR count). The Labute approximate surface area is 127 Å². The summed E-state index contributed by atoms with van der Waals surface area (Å²) in [6.45, 7) is 5.75. The van der Waals surface area contributed by atoms with Gasteiger partial charge in [0, 0.05) is 6.61 Å². The maximum absolute atomic E-state index is 11.5. The molecule has 0 spiro atoms. The van der Waals surface area contributed by atoms with E-state index in [4.69, 9.17) is 14.9 Å². The highest BCUT2D eigenvalue weighted by Crippen LogP contribution is 2.35. The summed E-state index contributed by atoms with van der Waals surface area (Å²) in [7, 11) is 0. The standard InChI is InChI=1S/C15H18O7/c1-9(2)8-22-6-5-15(14(20)21)4-3-10(12(16)17)11(7-15)13(18)19/h3-4,7,10H,1,5-6,8H2,2H3,(H,16,17)(H,18,19)(H,20,21). The fourth-order valence-corrected chi connectivity index (χ4v) is 2.08. The third kappa shape index (κ3) is 4.05. The second kappa shape index (κ2) is 7.04. The highest BCUT2D eigenvalue weighted by atomic mass is 16.5. The molecule has 0 saturated heterocycles. The fraction of sp³-hybridized carbons (Fsp3) is 0.400. The number of hydrogen-bond acceptors (Lipinski definition) is 4. The van der Waals surface area contributed by atoms with Crippen molar-refractivity contribution < 1.29 is 34.4 Å². The molecule has 0 aromatic carbocycles. The highest BCUT2D eigenvalue weighted by Gasteiger charge is 2.41. The minimum absolute atomic E-state index is 0.00473. The van der Waals surface area contributed by atoms with Gasteiger partial charge < -0.3 is 20.1 Å². The SMILES string of the molecule is C=C(C)COCCC1(C(=O)O)C=CC(C(=O)O)C(C(=O)O)=C1.